The van der Waals surface area contributed by atoms with Crippen molar-refractivity contribution >= 4 is 42.2 Å². The Bertz CT molecular complexity index is 1200. The van der Waals surface area contributed by atoms with E-state index in [0.29, 0.717) is 10.0 Å². The molecule has 0 fully saturated rings. The summed E-state index contributed by atoms with van der Waals surface area (Å²) in [5.74, 6) is 0.254. The normalized spacial score (nSPS) is 16.3. The summed E-state index contributed by atoms with van der Waals surface area (Å²) in [6, 6.07) is 14.5. The van der Waals surface area contributed by atoms with E-state index < -0.39 is 0 Å². The fourth-order valence-electron chi connectivity index (χ4n) is 4.11. The summed E-state index contributed by atoms with van der Waals surface area (Å²) in [6.07, 6.45) is 3.61. The number of pyridine rings is 1. The molecule has 2 aromatic carbocycles. The molecule has 4 nitrogen and oxygen atoms in total. The van der Waals surface area contributed by atoms with Gasteiger partial charge in [0, 0.05) is 25.2 Å². The van der Waals surface area contributed by atoms with Crippen molar-refractivity contribution in [1.82, 2.24) is 19.9 Å². The molecule has 0 saturated carbocycles. The zero-order valence-electron chi connectivity index (χ0n) is 15.3. The molecule has 5 rings (SSSR count). The summed E-state index contributed by atoms with van der Waals surface area (Å²) in [4.78, 5) is 4.22. The lowest BCUT2D eigenvalue weighted by molar-refractivity contribution is 0.594. The molecule has 0 amide bonds. The summed E-state index contributed by atoms with van der Waals surface area (Å²) in [7, 11) is 2.19. The van der Waals surface area contributed by atoms with E-state index in [1.807, 2.05) is 28.9 Å². The molecule has 7 heteroatoms. The second-order valence-corrected chi connectivity index (χ2v) is 7.96. The van der Waals surface area contributed by atoms with Gasteiger partial charge in [-0.2, -0.15) is 5.10 Å². The molecule has 1 aliphatic rings. The van der Waals surface area contributed by atoms with E-state index in [4.69, 9.17) is 23.2 Å². The van der Waals surface area contributed by atoms with Gasteiger partial charge in [-0.05, 0) is 52.1 Å². The summed E-state index contributed by atoms with van der Waals surface area (Å²) < 4.78 is 1.81. The molecule has 0 radical (unpaired) electrons. The van der Waals surface area contributed by atoms with Crippen LogP contribution in [0.2, 0.25) is 10.0 Å². The van der Waals surface area contributed by atoms with Crippen LogP contribution in [0.4, 0.5) is 0 Å². The van der Waals surface area contributed by atoms with Gasteiger partial charge in [0.1, 0.15) is 14.2 Å². The molecule has 1 unspecified atom stereocenters. The molecule has 1 aliphatic heterocycles. The van der Waals surface area contributed by atoms with Crippen LogP contribution in [0.1, 0.15) is 22.6 Å². The van der Waals surface area contributed by atoms with E-state index >= 15 is 0 Å². The van der Waals surface area contributed by atoms with Gasteiger partial charge in [-0.15, -0.1) is 0 Å². The van der Waals surface area contributed by atoms with Gasteiger partial charge in [0.15, 0.2) is 5.65 Å². The number of hydrogen-bond donors (Lipinski definition) is 1. The Morgan fingerprint density at radius 1 is 1.07 bits per heavy atom. The zero-order chi connectivity index (χ0) is 19.3. The Balaban J connectivity index is 1.60. The molecule has 28 heavy (non-hydrogen) atoms. The van der Waals surface area contributed by atoms with E-state index in [2.05, 4.69) is 47.5 Å². The SMILES string of the molecule is Bc1c(-c2ccc3ncnn3c2)ccc2c1CNCC2c1ccc(Cl)c(Cl)c1. The first-order chi connectivity index (χ1) is 13.6. The van der Waals surface area contributed by atoms with Crippen LogP contribution in [0.15, 0.2) is 55.0 Å². The lowest BCUT2D eigenvalue weighted by atomic mass is 9.76. The highest BCUT2D eigenvalue weighted by Gasteiger charge is 2.24. The van der Waals surface area contributed by atoms with Gasteiger partial charge in [0.25, 0.3) is 0 Å². The van der Waals surface area contributed by atoms with Gasteiger partial charge >= 0.3 is 0 Å². The van der Waals surface area contributed by atoms with Crippen LogP contribution < -0.4 is 10.8 Å². The lowest BCUT2D eigenvalue weighted by Crippen LogP contribution is -2.33. The van der Waals surface area contributed by atoms with Crippen molar-refractivity contribution in [3.05, 3.63) is 81.7 Å². The average Bonchev–Trinajstić information content (AvgIpc) is 3.18. The fraction of sp³-hybridized carbons (Fsp3) is 0.143. The fourth-order valence-corrected chi connectivity index (χ4v) is 4.41. The van der Waals surface area contributed by atoms with Gasteiger partial charge in [-0.1, -0.05) is 46.9 Å². The van der Waals surface area contributed by atoms with E-state index in [1.165, 1.54) is 27.7 Å². The zero-order valence-corrected chi connectivity index (χ0v) is 16.8. The van der Waals surface area contributed by atoms with E-state index in [-0.39, 0.29) is 5.92 Å². The van der Waals surface area contributed by atoms with Crippen LogP contribution in [0.5, 0.6) is 0 Å². The van der Waals surface area contributed by atoms with Crippen molar-refractivity contribution in [3.63, 3.8) is 0 Å². The molecule has 0 spiro atoms. The van der Waals surface area contributed by atoms with Crippen LogP contribution in [-0.2, 0) is 6.54 Å². The van der Waals surface area contributed by atoms with Gasteiger partial charge < -0.3 is 5.32 Å². The third kappa shape index (κ3) is 2.91. The number of aromatic nitrogens is 3. The van der Waals surface area contributed by atoms with Gasteiger partial charge in [0.05, 0.1) is 10.0 Å². The Kier molecular flexibility index (Phi) is 4.39. The highest BCUT2D eigenvalue weighted by Crippen LogP contribution is 2.34. The van der Waals surface area contributed by atoms with Crippen molar-refractivity contribution in [2.45, 2.75) is 12.5 Å². The molecular weight excluding hydrogens is 390 g/mol. The smallest absolute Gasteiger partial charge is 0.155 e. The lowest BCUT2D eigenvalue weighted by Gasteiger charge is -2.29. The molecule has 138 valence electrons. The van der Waals surface area contributed by atoms with E-state index in [0.717, 1.165) is 24.3 Å². The molecule has 1 N–H and O–H groups in total. The first kappa shape index (κ1) is 17.7. The van der Waals surface area contributed by atoms with Gasteiger partial charge in [-0.3, -0.25) is 0 Å². The number of benzene rings is 2. The molecular formula is C21H17BCl2N4. The second-order valence-electron chi connectivity index (χ2n) is 7.14. The second kappa shape index (κ2) is 6.92. The first-order valence-electron chi connectivity index (χ1n) is 9.19. The minimum Gasteiger partial charge on any atom is -0.312 e. The quantitative estimate of drug-likeness (QED) is 0.520. The summed E-state index contributed by atoms with van der Waals surface area (Å²) in [5, 5.41) is 9.01. The minimum absolute atomic E-state index is 0.254. The standard InChI is InChI=1S/C21H17BCl2N4/c22-21-14(13-2-6-20-26-11-27-28(20)10-13)3-4-15-16(8-25-9-17(15)21)12-1-5-18(23)19(24)7-12/h1-7,10-11,16,25H,8-9,22H2. The topological polar surface area (TPSA) is 42.2 Å². The monoisotopic (exact) mass is 406 g/mol. The first-order valence-corrected chi connectivity index (χ1v) is 9.95. The Morgan fingerprint density at radius 3 is 2.82 bits per heavy atom. The number of rotatable bonds is 2. The summed E-state index contributed by atoms with van der Waals surface area (Å²) in [5.41, 5.74) is 8.36. The Morgan fingerprint density at radius 2 is 1.96 bits per heavy atom. The van der Waals surface area contributed by atoms with Crippen molar-refractivity contribution in [2.24, 2.45) is 0 Å². The maximum Gasteiger partial charge on any atom is 0.155 e. The molecule has 0 saturated heterocycles. The number of halogens is 2. The Hall–Kier alpha value is -2.34. The van der Waals surface area contributed by atoms with E-state index in [9.17, 15) is 0 Å². The van der Waals surface area contributed by atoms with Crippen molar-refractivity contribution in [2.75, 3.05) is 6.54 Å². The molecule has 2 aromatic heterocycles. The van der Waals surface area contributed by atoms with Crippen LogP contribution in [0.25, 0.3) is 16.8 Å². The number of hydrogen-bond acceptors (Lipinski definition) is 3. The van der Waals surface area contributed by atoms with Crippen LogP contribution >= 0.6 is 23.2 Å². The predicted molar refractivity (Wildman–Crippen MR) is 117 cm³/mol. The maximum atomic E-state index is 6.27. The number of fused-ring (bicyclic) bond motifs is 2. The summed E-state index contributed by atoms with van der Waals surface area (Å²) >= 11 is 12.4. The third-order valence-corrected chi connectivity index (χ3v) is 6.33. The third-order valence-electron chi connectivity index (χ3n) is 5.59. The number of nitrogens with one attached hydrogen (secondary N) is 1. The van der Waals surface area contributed by atoms with Crippen LogP contribution in [0.3, 0.4) is 0 Å². The highest BCUT2D eigenvalue weighted by atomic mass is 35.5. The van der Waals surface area contributed by atoms with Crippen LogP contribution in [-0.4, -0.2) is 29.0 Å². The number of nitrogens with zero attached hydrogens (tertiary/aromatic N) is 3. The predicted octanol–water partition coefficient (Wildman–Crippen LogP) is 3.20. The molecule has 3 heterocycles. The molecule has 4 aromatic rings. The molecule has 0 aliphatic carbocycles. The minimum atomic E-state index is 0.254. The van der Waals surface area contributed by atoms with Gasteiger partial charge in [-0.25, -0.2) is 9.50 Å². The maximum absolute atomic E-state index is 6.27. The summed E-state index contributed by atoms with van der Waals surface area (Å²) in [6.45, 7) is 1.74. The molecule has 0 bridgehead atoms. The van der Waals surface area contributed by atoms with E-state index in [1.54, 1.807) is 6.33 Å². The Labute approximate surface area is 173 Å². The van der Waals surface area contributed by atoms with Crippen LogP contribution in [0, 0.1) is 0 Å². The van der Waals surface area contributed by atoms with Crippen molar-refractivity contribution in [3.8, 4) is 11.1 Å². The average molecular weight is 407 g/mol. The van der Waals surface area contributed by atoms with Gasteiger partial charge in [0.2, 0.25) is 0 Å². The highest BCUT2D eigenvalue weighted by molar-refractivity contribution is 6.42. The van der Waals surface area contributed by atoms with Crippen molar-refractivity contribution < 1.29 is 0 Å². The van der Waals surface area contributed by atoms with Crippen molar-refractivity contribution in [1.29, 1.82) is 0 Å². The largest absolute Gasteiger partial charge is 0.312 e. The molecule has 1 atom stereocenters.